The summed E-state index contributed by atoms with van der Waals surface area (Å²) in [6, 6.07) is 17.1. The van der Waals surface area contributed by atoms with Gasteiger partial charge in [0.25, 0.3) is 5.91 Å². The molecule has 2 saturated heterocycles. The Hall–Kier alpha value is -2.90. The molecule has 2 aliphatic rings. The minimum atomic E-state index is -0.783. The lowest BCUT2D eigenvalue weighted by atomic mass is 9.85. The molecule has 32 heavy (non-hydrogen) atoms. The third kappa shape index (κ3) is 4.49. The molecule has 0 bridgehead atoms. The van der Waals surface area contributed by atoms with Gasteiger partial charge < -0.3 is 14.7 Å². The number of urea groups is 1. The Balaban J connectivity index is 1.49. The number of rotatable bonds is 8. The summed E-state index contributed by atoms with van der Waals surface area (Å²) in [6.45, 7) is 3.28. The summed E-state index contributed by atoms with van der Waals surface area (Å²) in [5.74, 6) is 0.165. The molecular formula is C25H31N3O4. The highest BCUT2D eigenvalue weighted by Gasteiger charge is 2.57. The Bertz CT molecular complexity index is 941. The van der Waals surface area contributed by atoms with Crippen LogP contribution in [-0.4, -0.2) is 77.2 Å². The normalized spacial score (nSPS) is 18.7. The van der Waals surface area contributed by atoms with Crippen LogP contribution in [0.4, 0.5) is 4.79 Å². The number of phenolic OH excluding ortho intramolecular Hbond substituents is 1. The first-order valence-electron chi connectivity index (χ1n) is 11.2. The summed E-state index contributed by atoms with van der Waals surface area (Å²) >= 11 is 0. The molecule has 1 N–H and O–H groups in total. The molecule has 2 heterocycles. The lowest BCUT2D eigenvalue weighted by Gasteiger charge is -2.42. The van der Waals surface area contributed by atoms with Gasteiger partial charge in [0.1, 0.15) is 11.3 Å². The second-order valence-electron chi connectivity index (χ2n) is 8.60. The molecule has 0 unspecified atom stereocenters. The summed E-state index contributed by atoms with van der Waals surface area (Å²) in [5, 5.41) is 9.74. The maximum absolute atomic E-state index is 13.5. The summed E-state index contributed by atoms with van der Waals surface area (Å²) in [4.78, 5) is 32.2. The molecule has 4 rings (SSSR count). The Morgan fingerprint density at radius 3 is 2.38 bits per heavy atom. The van der Waals surface area contributed by atoms with Crippen molar-refractivity contribution in [3.63, 3.8) is 0 Å². The Morgan fingerprint density at radius 2 is 1.69 bits per heavy atom. The smallest absolute Gasteiger partial charge is 0.327 e. The van der Waals surface area contributed by atoms with E-state index in [9.17, 15) is 14.7 Å². The standard InChI is InChI=1S/C25H31N3O4/c1-32-17-16-27-23(30)25(28(24(27)31)13-10-20-6-3-2-4-7-20)11-14-26(15-12-25)19-21-8-5-9-22(29)18-21/h2-9,18,29H,10-17,19H2,1H3. The van der Waals surface area contributed by atoms with E-state index in [2.05, 4.69) is 17.0 Å². The van der Waals surface area contributed by atoms with Crippen LogP contribution in [0.3, 0.4) is 0 Å². The fourth-order valence-electron chi connectivity index (χ4n) is 4.84. The zero-order valence-corrected chi connectivity index (χ0v) is 18.6. The Morgan fingerprint density at radius 1 is 0.969 bits per heavy atom. The largest absolute Gasteiger partial charge is 0.508 e. The van der Waals surface area contributed by atoms with E-state index < -0.39 is 5.54 Å². The van der Waals surface area contributed by atoms with Gasteiger partial charge in [-0.1, -0.05) is 42.5 Å². The number of aromatic hydroxyl groups is 1. The van der Waals surface area contributed by atoms with Gasteiger partial charge >= 0.3 is 6.03 Å². The van der Waals surface area contributed by atoms with E-state index in [1.807, 2.05) is 35.2 Å². The number of ether oxygens (including phenoxy) is 1. The quantitative estimate of drug-likeness (QED) is 0.643. The van der Waals surface area contributed by atoms with E-state index in [4.69, 9.17) is 4.74 Å². The summed E-state index contributed by atoms with van der Waals surface area (Å²) in [6.07, 6.45) is 1.93. The number of imide groups is 1. The number of carbonyl (C=O) groups is 2. The van der Waals surface area contributed by atoms with Crippen LogP contribution >= 0.6 is 0 Å². The van der Waals surface area contributed by atoms with Crippen molar-refractivity contribution in [2.24, 2.45) is 0 Å². The van der Waals surface area contributed by atoms with E-state index in [-0.39, 0.29) is 24.2 Å². The van der Waals surface area contributed by atoms with Crippen molar-refractivity contribution >= 4 is 11.9 Å². The zero-order valence-electron chi connectivity index (χ0n) is 18.6. The number of carbonyl (C=O) groups excluding carboxylic acids is 2. The van der Waals surface area contributed by atoms with Crippen LogP contribution in [0.1, 0.15) is 24.0 Å². The molecule has 170 valence electrons. The van der Waals surface area contributed by atoms with Crippen molar-refractivity contribution < 1.29 is 19.4 Å². The highest BCUT2D eigenvalue weighted by molar-refractivity contribution is 6.07. The van der Waals surface area contributed by atoms with Gasteiger partial charge in [0.15, 0.2) is 0 Å². The number of hydrogen-bond acceptors (Lipinski definition) is 5. The lowest BCUT2D eigenvalue weighted by Crippen LogP contribution is -2.56. The number of likely N-dealkylation sites (tertiary alicyclic amines) is 1. The average Bonchev–Trinajstić information content (AvgIpc) is 2.99. The lowest BCUT2D eigenvalue weighted by molar-refractivity contribution is -0.136. The van der Waals surface area contributed by atoms with E-state index in [1.165, 1.54) is 4.90 Å². The molecular weight excluding hydrogens is 406 g/mol. The van der Waals surface area contributed by atoms with Gasteiger partial charge in [0.2, 0.25) is 0 Å². The average molecular weight is 438 g/mol. The molecule has 2 aromatic carbocycles. The minimum Gasteiger partial charge on any atom is -0.508 e. The monoisotopic (exact) mass is 437 g/mol. The molecule has 2 aromatic rings. The number of benzene rings is 2. The van der Waals surface area contributed by atoms with Crippen LogP contribution < -0.4 is 0 Å². The van der Waals surface area contributed by atoms with E-state index in [0.717, 1.165) is 11.1 Å². The summed E-state index contributed by atoms with van der Waals surface area (Å²) < 4.78 is 5.14. The van der Waals surface area contributed by atoms with Gasteiger partial charge in [0, 0.05) is 33.3 Å². The van der Waals surface area contributed by atoms with Gasteiger partial charge in [-0.3, -0.25) is 14.6 Å². The van der Waals surface area contributed by atoms with Crippen molar-refractivity contribution in [1.29, 1.82) is 0 Å². The van der Waals surface area contributed by atoms with Crippen molar-refractivity contribution in [1.82, 2.24) is 14.7 Å². The molecule has 0 aromatic heterocycles. The number of amides is 3. The number of methoxy groups -OCH3 is 1. The molecule has 0 atom stereocenters. The third-order valence-corrected chi connectivity index (χ3v) is 6.61. The van der Waals surface area contributed by atoms with Crippen LogP contribution in [0, 0.1) is 0 Å². The zero-order chi connectivity index (χ0) is 22.6. The number of hydrogen-bond donors (Lipinski definition) is 1. The Labute approximate surface area is 189 Å². The van der Waals surface area contributed by atoms with Crippen molar-refractivity contribution in [3.8, 4) is 5.75 Å². The van der Waals surface area contributed by atoms with Crippen molar-refractivity contribution in [2.45, 2.75) is 31.3 Å². The second-order valence-corrected chi connectivity index (χ2v) is 8.60. The van der Waals surface area contributed by atoms with Gasteiger partial charge in [-0.2, -0.15) is 0 Å². The molecule has 7 heteroatoms. The van der Waals surface area contributed by atoms with Crippen LogP contribution in [-0.2, 0) is 22.5 Å². The highest BCUT2D eigenvalue weighted by Crippen LogP contribution is 2.37. The van der Waals surface area contributed by atoms with Gasteiger partial charge in [0.05, 0.1) is 13.2 Å². The predicted octanol–water partition coefficient (Wildman–Crippen LogP) is 2.88. The van der Waals surface area contributed by atoms with Gasteiger partial charge in [-0.25, -0.2) is 4.79 Å². The van der Waals surface area contributed by atoms with E-state index in [1.54, 1.807) is 19.2 Å². The summed E-state index contributed by atoms with van der Waals surface area (Å²) in [5.41, 5.74) is 1.41. The number of piperidine rings is 1. The molecule has 0 aliphatic carbocycles. The molecule has 7 nitrogen and oxygen atoms in total. The first-order chi connectivity index (χ1) is 15.5. The first kappa shape index (κ1) is 22.3. The van der Waals surface area contributed by atoms with Gasteiger partial charge in [-0.05, 0) is 42.5 Å². The van der Waals surface area contributed by atoms with Crippen LogP contribution in [0.5, 0.6) is 5.75 Å². The second kappa shape index (κ2) is 9.71. The van der Waals surface area contributed by atoms with Gasteiger partial charge in [-0.15, -0.1) is 0 Å². The maximum atomic E-state index is 13.5. The van der Waals surface area contributed by atoms with Crippen molar-refractivity contribution in [2.75, 3.05) is 39.9 Å². The predicted molar refractivity (Wildman–Crippen MR) is 121 cm³/mol. The maximum Gasteiger partial charge on any atom is 0.327 e. The van der Waals surface area contributed by atoms with E-state index >= 15 is 0 Å². The third-order valence-electron chi connectivity index (χ3n) is 6.61. The first-order valence-corrected chi connectivity index (χ1v) is 11.2. The molecule has 2 aliphatic heterocycles. The van der Waals surface area contributed by atoms with E-state index in [0.29, 0.717) is 52.0 Å². The van der Waals surface area contributed by atoms with Crippen LogP contribution in [0.2, 0.25) is 0 Å². The Kier molecular flexibility index (Phi) is 6.77. The van der Waals surface area contributed by atoms with Crippen LogP contribution in [0.15, 0.2) is 54.6 Å². The molecule has 0 saturated carbocycles. The summed E-state index contributed by atoms with van der Waals surface area (Å²) in [7, 11) is 1.58. The van der Waals surface area contributed by atoms with Crippen molar-refractivity contribution in [3.05, 3.63) is 65.7 Å². The number of phenols is 1. The molecule has 1 spiro atoms. The SMILES string of the molecule is COCCN1C(=O)N(CCc2ccccc2)C2(CCN(Cc3cccc(O)c3)CC2)C1=O. The van der Waals surface area contributed by atoms with Crippen LogP contribution in [0.25, 0.3) is 0 Å². The highest BCUT2D eigenvalue weighted by atomic mass is 16.5. The number of nitrogens with zero attached hydrogens (tertiary/aromatic N) is 3. The fraction of sp³-hybridized carbons (Fsp3) is 0.440. The molecule has 0 radical (unpaired) electrons. The minimum absolute atomic E-state index is 0.0929. The molecule has 2 fully saturated rings. The molecule has 3 amide bonds. The topological polar surface area (TPSA) is 73.3 Å². The fourth-order valence-corrected chi connectivity index (χ4v) is 4.84.